The summed E-state index contributed by atoms with van der Waals surface area (Å²) in [6, 6.07) is 8.05. The zero-order valence-corrected chi connectivity index (χ0v) is 14.5. The second-order valence-electron chi connectivity index (χ2n) is 4.95. The van der Waals surface area contributed by atoms with E-state index in [1.165, 1.54) is 5.56 Å². The molecule has 1 aromatic rings. The molecule has 5 heteroatoms. The first kappa shape index (κ1) is 17.5. The van der Waals surface area contributed by atoms with E-state index in [0.717, 1.165) is 30.3 Å². The summed E-state index contributed by atoms with van der Waals surface area (Å²) >= 11 is 3.53. The Hall–Kier alpha value is -0.550. The lowest BCUT2D eigenvalue weighted by atomic mass is 9.97. The molecular weight excluding hydrogens is 340 g/mol. The summed E-state index contributed by atoms with van der Waals surface area (Å²) in [7, 11) is -1.18. The van der Waals surface area contributed by atoms with Crippen LogP contribution in [0.15, 0.2) is 24.3 Å². The van der Waals surface area contributed by atoms with Gasteiger partial charge in [0.1, 0.15) is 15.6 Å². The van der Waals surface area contributed by atoms with Crippen molar-refractivity contribution in [1.82, 2.24) is 0 Å². The standard InChI is InChI=1S/C15H23BrO3S/c1-3-20(17,18)10-4-5-14(12-16)11-13-6-8-15(19-2)9-7-13/h6-9,14H,3-5,10-12H2,1-2H3. The maximum absolute atomic E-state index is 11.5. The molecule has 0 spiro atoms. The molecule has 20 heavy (non-hydrogen) atoms. The molecule has 0 aliphatic rings. The molecule has 0 amide bonds. The fraction of sp³-hybridized carbons (Fsp3) is 0.600. The molecule has 0 N–H and O–H groups in total. The van der Waals surface area contributed by atoms with Crippen molar-refractivity contribution in [3.8, 4) is 5.75 Å². The zero-order valence-electron chi connectivity index (χ0n) is 12.1. The number of hydrogen-bond donors (Lipinski definition) is 0. The Morgan fingerprint density at radius 1 is 1.25 bits per heavy atom. The van der Waals surface area contributed by atoms with Crippen molar-refractivity contribution in [2.75, 3.05) is 23.9 Å². The lowest BCUT2D eigenvalue weighted by molar-refractivity contribution is 0.414. The van der Waals surface area contributed by atoms with Gasteiger partial charge >= 0.3 is 0 Å². The van der Waals surface area contributed by atoms with Crippen molar-refractivity contribution >= 4 is 25.8 Å². The summed E-state index contributed by atoms with van der Waals surface area (Å²) in [6.45, 7) is 1.70. The van der Waals surface area contributed by atoms with E-state index in [4.69, 9.17) is 4.74 Å². The van der Waals surface area contributed by atoms with Gasteiger partial charge in [-0.25, -0.2) is 8.42 Å². The van der Waals surface area contributed by atoms with Crippen LogP contribution in [0, 0.1) is 5.92 Å². The molecule has 0 saturated carbocycles. The molecule has 114 valence electrons. The maximum atomic E-state index is 11.5. The van der Waals surface area contributed by atoms with Gasteiger partial charge in [-0.1, -0.05) is 35.0 Å². The molecule has 3 nitrogen and oxygen atoms in total. The van der Waals surface area contributed by atoms with E-state index in [0.29, 0.717) is 11.7 Å². The number of hydrogen-bond acceptors (Lipinski definition) is 3. The van der Waals surface area contributed by atoms with Crippen molar-refractivity contribution in [2.24, 2.45) is 5.92 Å². The van der Waals surface area contributed by atoms with E-state index in [-0.39, 0.29) is 5.75 Å². The predicted octanol–water partition coefficient (Wildman–Crippen LogP) is 3.46. The Labute approximate surface area is 130 Å². The van der Waals surface area contributed by atoms with Crippen LogP contribution in [0.25, 0.3) is 0 Å². The van der Waals surface area contributed by atoms with Crippen molar-refractivity contribution in [3.63, 3.8) is 0 Å². The van der Waals surface area contributed by atoms with E-state index < -0.39 is 9.84 Å². The van der Waals surface area contributed by atoms with Gasteiger partial charge in [0.25, 0.3) is 0 Å². The molecule has 0 radical (unpaired) electrons. The maximum Gasteiger partial charge on any atom is 0.150 e. The Morgan fingerprint density at radius 2 is 1.90 bits per heavy atom. The van der Waals surface area contributed by atoms with Crippen LogP contribution >= 0.6 is 15.9 Å². The smallest absolute Gasteiger partial charge is 0.150 e. The minimum Gasteiger partial charge on any atom is -0.497 e. The summed E-state index contributed by atoms with van der Waals surface area (Å²) < 4.78 is 28.1. The van der Waals surface area contributed by atoms with Crippen LogP contribution in [-0.2, 0) is 16.3 Å². The van der Waals surface area contributed by atoms with E-state index in [1.54, 1.807) is 14.0 Å². The molecule has 0 aliphatic heterocycles. The van der Waals surface area contributed by atoms with E-state index in [9.17, 15) is 8.42 Å². The Morgan fingerprint density at radius 3 is 2.40 bits per heavy atom. The van der Waals surface area contributed by atoms with Gasteiger partial charge in [0.15, 0.2) is 0 Å². The van der Waals surface area contributed by atoms with Gasteiger partial charge in [0, 0.05) is 11.1 Å². The van der Waals surface area contributed by atoms with Crippen LogP contribution < -0.4 is 4.74 Å². The zero-order chi connectivity index (χ0) is 15.0. The molecular formula is C15H23BrO3S. The highest BCUT2D eigenvalue weighted by atomic mass is 79.9. The Kier molecular flexibility index (Phi) is 7.59. The Balaban J connectivity index is 2.46. The van der Waals surface area contributed by atoms with Crippen molar-refractivity contribution < 1.29 is 13.2 Å². The molecule has 1 unspecified atom stereocenters. The average Bonchev–Trinajstić information content (AvgIpc) is 2.46. The largest absolute Gasteiger partial charge is 0.497 e. The number of halogens is 1. The summed E-state index contributed by atoms with van der Waals surface area (Å²) in [5, 5.41) is 0.894. The third-order valence-electron chi connectivity index (χ3n) is 3.41. The molecule has 1 rings (SSSR count). The van der Waals surface area contributed by atoms with Crippen LogP contribution in [0.3, 0.4) is 0 Å². The van der Waals surface area contributed by atoms with Crippen LogP contribution in [-0.4, -0.2) is 32.4 Å². The lowest BCUT2D eigenvalue weighted by Gasteiger charge is -2.14. The Bertz CT molecular complexity index is 482. The molecule has 0 aromatic heterocycles. The van der Waals surface area contributed by atoms with Crippen molar-refractivity contribution in [1.29, 1.82) is 0 Å². The fourth-order valence-electron chi connectivity index (χ4n) is 2.06. The molecule has 1 aromatic carbocycles. The van der Waals surface area contributed by atoms with Crippen LogP contribution in [0.1, 0.15) is 25.3 Å². The highest BCUT2D eigenvalue weighted by Crippen LogP contribution is 2.19. The molecule has 0 heterocycles. The quantitative estimate of drug-likeness (QED) is 0.631. The number of ether oxygens (including phenoxy) is 1. The van der Waals surface area contributed by atoms with Gasteiger partial charge in [0.05, 0.1) is 12.9 Å². The molecule has 0 bridgehead atoms. The third-order valence-corrected chi connectivity index (χ3v) is 6.12. The normalized spacial score (nSPS) is 13.2. The minimum absolute atomic E-state index is 0.241. The summed E-state index contributed by atoms with van der Waals surface area (Å²) in [6.07, 6.45) is 2.63. The summed E-state index contributed by atoms with van der Waals surface area (Å²) in [4.78, 5) is 0. The number of benzene rings is 1. The first-order valence-corrected chi connectivity index (χ1v) is 9.84. The first-order chi connectivity index (χ1) is 9.50. The van der Waals surface area contributed by atoms with Crippen molar-refractivity contribution in [2.45, 2.75) is 26.2 Å². The topological polar surface area (TPSA) is 43.4 Å². The van der Waals surface area contributed by atoms with E-state index in [2.05, 4.69) is 28.1 Å². The van der Waals surface area contributed by atoms with Crippen LogP contribution in [0.5, 0.6) is 5.75 Å². The molecule has 0 aliphatic carbocycles. The lowest BCUT2D eigenvalue weighted by Crippen LogP contribution is -2.12. The highest BCUT2D eigenvalue weighted by Gasteiger charge is 2.12. The van der Waals surface area contributed by atoms with Gasteiger partial charge in [-0.3, -0.25) is 0 Å². The van der Waals surface area contributed by atoms with Gasteiger partial charge < -0.3 is 4.74 Å². The van der Waals surface area contributed by atoms with Gasteiger partial charge in [0.2, 0.25) is 0 Å². The summed E-state index contributed by atoms with van der Waals surface area (Å²) in [5.41, 5.74) is 1.26. The SMILES string of the molecule is CCS(=O)(=O)CCCC(CBr)Cc1ccc(OC)cc1. The molecule has 0 saturated heterocycles. The fourth-order valence-corrected chi connectivity index (χ4v) is 3.51. The molecule has 1 atom stereocenters. The van der Waals surface area contributed by atoms with Gasteiger partial charge in [-0.05, 0) is 42.9 Å². The third kappa shape index (κ3) is 6.27. The van der Waals surface area contributed by atoms with Gasteiger partial charge in [-0.15, -0.1) is 0 Å². The second-order valence-corrected chi connectivity index (χ2v) is 8.07. The average molecular weight is 363 g/mol. The van der Waals surface area contributed by atoms with Crippen LogP contribution in [0.4, 0.5) is 0 Å². The number of rotatable bonds is 9. The number of alkyl halides is 1. The minimum atomic E-state index is -2.84. The number of methoxy groups -OCH3 is 1. The highest BCUT2D eigenvalue weighted by molar-refractivity contribution is 9.09. The van der Waals surface area contributed by atoms with E-state index >= 15 is 0 Å². The second kappa shape index (κ2) is 8.67. The summed E-state index contributed by atoms with van der Waals surface area (Å²) in [5.74, 6) is 1.87. The predicted molar refractivity (Wildman–Crippen MR) is 87.5 cm³/mol. The molecule has 0 fully saturated rings. The van der Waals surface area contributed by atoms with Crippen LogP contribution in [0.2, 0.25) is 0 Å². The number of sulfone groups is 1. The monoisotopic (exact) mass is 362 g/mol. The van der Waals surface area contributed by atoms with Crippen molar-refractivity contribution in [3.05, 3.63) is 29.8 Å². The van der Waals surface area contributed by atoms with Gasteiger partial charge in [-0.2, -0.15) is 0 Å². The first-order valence-electron chi connectivity index (χ1n) is 6.90. The van der Waals surface area contributed by atoms with E-state index in [1.807, 2.05) is 12.1 Å².